The van der Waals surface area contributed by atoms with Crippen molar-refractivity contribution in [2.24, 2.45) is 0 Å². The van der Waals surface area contributed by atoms with Gasteiger partial charge < -0.3 is 4.90 Å². The molecule has 1 aliphatic heterocycles. The summed E-state index contributed by atoms with van der Waals surface area (Å²) in [5, 5.41) is 0. The van der Waals surface area contributed by atoms with Crippen LogP contribution >= 0.6 is 15.9 Å². The summed E-state index contributed by atoms with van der Waals surface area (Å²) in [6, 6.07) is 7.13. The van der Waals surface area contributed by atoms with Crippen LogP contribution in [0.5, 0.6) is 0 Å². The van der Waals surface area contributed by atoms with E-state index in [4.69, 9.17) is 0 Å². The molecule has 0 bridgehead atoms. The topological polar surface area (TPSA) is 3.24 Å². The van der Waals surface area contributed by atoms with Crippen LogP contribution in [0.1, 0.15) is 18.9 Å². The van der Waals surface area contributed by atoms with E-state index in [0.29, 0.717) is 6.04 Å². The zero-order valence-electron chi connectivity index (χ0n) is 8.05. The fraction of sp³-hybridized carbons (Fsp3) is 0.455. The van der Waals surface area contributed by atoms with Crippen molar-refractivity contribution in [2.75, 3.05) is 11.4 Å². The lowest BCUT2D eigenvalue weighted by atomic mass is 10.0. The van der Waals surface area contributed by atoms with Crippen molar-refractivity contribution < 1.29 is 0 Å². The minimum absolute atomic E-state index is 0.716. The molecule has 0 aliphatic carbocycles. The largest absolute Gasteiger partial charge is 0.368 e. The fourth-order valence-electron chi connectivity index (χ4n) is 1.78. The van der Waals surface area contributed by atoms with E-state index in [0.717, 1.165) is 0 Å². The Bertz CT molecular complexity index is 322. The van der Waals surface area contributed by atoms with E-state index >= 15 is 0 Å². The molecule has 2 heteroatoms. The van der Waals surface area contributed by atoms with Gasteiger partial charge in [-0.25, -0.2) is 0 Å². The maximum absolute atomic E-state index is 3.56. The van der Waals surface area contributed by atoms with Gasteiger partial charge in [0.2, 0.25) is 0 Å². The van der Waals surface area contributed by atoms with Gasteiger partial charge in [0, 0.05) is 22.7 Å². The summed E-state index contributed by atoms with van der Waals surface area (Å²) in [7, 11) is 0. The molecule has 0 aromatic heterocycles. The highest BCUT2D eigenvalue weighted by Gasteiger charge is 2.24. The predicted molar refractivity (Wildman–Crippen MR) is 60.3 cm³/mol. The van der Waals surface area contributed by atoms with Gasteiger partial charge in [-0.05, 0) is 38.0 Å². The van der Waals surface area contributed by atoms with Gasteiger partial charge in [-0.1, -0.05) is 22.0 Å². The first-order chi connectivity index (χ1) is 6.20. The molecule has 1 nitrogen and oxygen atoms in total. The first-order valence-corrected chi connectivity index (χ1v) is 5.51. The average Bonchev–Trinajstić information content (AvgIpc) is 2.10. The Morgan fingerprint density at radius 1 is 1.46 bits per heavy atom. The molecule has 1 atom stereocenters. The lowest BCUT2D eigenvalue weighted by Crippen LogP contribution is -2.46. The van der Waals surface area contributed by atoms with Crippen molar-refractivity contribution in [2.45, 2.75) is 26.3 Å². The number of hydrogen-bond donors (Lipinski definition) is 0. The fourth-order valence-corrected chi connectivity index (χ4v) is 2.14. The second-order valence-corrected chi connectivity index (χ2v) is 4.57. The summed E-state index contributed by atoms with van der Waals surface area (Å²) in [5.74, 6) is 0. The third kappa shape index (κ3) is 1.48. The van der Waals surface area contributed by atoms with Gasteiger partial charge in [-0.3, -0.25) is 0 Å². The third-order valence-electron chi connectivity index (χ3n) is 2.87. The van der Waals surface area contributed by atoms with E-state index in [9.17, 15) is 0 Å². The van der Waals surface area contributed by atoms with E-state index in [1.165, 1.54) is 28.7 Å². The summed E-state index contributed by atoms with van der Waals surface area (Å²) >= 11 is 3.56. The van der Waals surface area contributed by atoms with E-state index in [1.807, 2.05) is 0 Å². The van der Waals surface area contributed by atoms with Gasteiger partial charge in [-0.15, -0.1) is 0 Å². The van der Waals surface area contributed by atoms with Crippen LogP contribution < -0.4 is 4.90 Å². The molecular formula is C11H14BrN. The van der Waals surface area contributed by atoms with Crippen molar-refractivity contribution in [3.63, 3.8) is 0 Å². The summed E-state index contributed by atoms with van der Waals surface area (Å²) in [4.78, 5) is 2.46. The minimum atomic E-state index is 0.716. The van der Waals surface area contributed by atoms with E-state index in [-0.39, 0.29) is 0 Å². The molecule has 1 aromatic carbocycles. The number of nitrogens with zero attached hydrogens (tertiary/aromatic N) is 1. The van der Waals surface area contributed by atoms with E-state index in [2.05, 4.69) is 52.9 Å². The first-order valence-electron chi connectivity index (χ1n) is 4.72. The normalized spacial score (nSPS) is 21.5. The number of hydrogen-bond acceptors (Lipinski definition) is 1. The Hall–Kier alpha value is -0.500. The van der Waals surface area contributed by atoms with Crippen molar-refractivity contribution in [3.05, 3.63) is 28.2 Å². The van der Waals surface area contributed by atoms with Crippen molar-refractivity contribution in [1.29, 1.82) is 0 Å². The molecule has 0 N–H and O–H groups in total. The molecule has 1 saturated heterocycles. The number of benzene rings is 1. The Morgan fingerprint density at radius 3 is 2.77 bits per heavy atom. The highest BCUT2D eigenvalue weighted by atomic mass is 79.9. The van der Waals surface area contributed by atoms with Crippen molar-refractivity contribution in [1.82, 2.24) is 0 Å². The average molecular weight is 240 g/mol. The lowest BCUT2D eigenvalue weighted by Gasteiger charge is -2.41. The summed E-state index contributed by atoms with van der Waals surface area (Å²) < 4.78 is 1.21. The van der Waals surface area contributed by atoms with Crippen LogP contribution in [0.3, 0.4) is 0 Å². The zero-order chi connectivity index (χ0) is 9.42. The van der Waals surface area contributed by atoms with Crippen LogP contribution in [0.15, 0.2) is 22.7 Å². The summed E-state index contributed by atoms with van der Waals surface area (Å²) in [6.07, 6.45) is 1.33. The van der Waals surface area contributed by atoms with Crippen LogP contribution in [-0.2, 0) is 0 Å². The first kappa shape index (κ1) is 9.07. The number of anilines is 1. The molecule has 13 heavy (non-hydrogen) atoms. The predicted octanol–water partition coefficient (Wildman–Crippen LogP) is 3.36. The van der Waals surface area contributed by atoms with Gasteiger partial charge in [0.1, 0.15) is 0 Å². The molecule has 1 aliphatic rings. The van der Waals surface area contributed by atoms with E-state index in [1.54, 1.807) is 0 Å². The van der Waals surface area contributed by atoms with Gasteiger partial charge in [-0.2, -0.15) is 0 Å². The Balaban J connectivity index is 2.34. The van der Waals surface area contributed by atoms with Crippen LogP contribution in [0.4, 0.5) is 5.69 Å². The van der Waals surface area contributed by atoms with Gasteiger partial charge in [0.15, 0.2) is 0 Å². The van der Waals surface area contributed by atoms with Crippen molar-refractivity contribution in [3.8, 4) is 0 Å². The quantitative estimate of drug-likeness (QED) is 0.727. The molecule has 2 rings (SSSR count). The summed E-state index contributed by atoms with van der Waals surface area (Å²) in [6.45, 7) is 5.66. The monoisotopic (exact) mass is 239 g/mol. The van der Waals surface area contributed by atoms with Crippen LogP contribution in [0, 0.1) is 6.92 Å². The molecule has 0 amide bonds. The molecule has 0 spiro atoms. The highest BCUT2D eigenvalue weighted by Crippen LogP contribution is 2.32. The third-order valence-corrected chi connectivity index (χ3v) is 3.73. The minimum Gasteiger partial charge on any atom is -0.368 e. The molecule has 1 heterocycles. The zero-order valence-corrected chi connectivity index (χ0v) is 9.63. The second kappa shape index (κ2) is 3.33. The number of rotatable bonds is 1. The molecule has 70 valence electrons. The second-order valence-electron chi connectivity index (χ2n) is 3.72. The Labute approximate surface area is 87.9 Å². The Morgan fingerprint density at radius 2 is 2.23 bits per heavy atom. The summed E-state index contributed by atoms with van der Waals surface area (Å²) in [5.41, 5.74) is 2.74. The van der Waals surface area contributed by atoms with Gasteiger partial charge in [0.25, 0.3) is 0 Å². The molecule has 1 aromatic rings. The van der Waals surface area contributed by atoms with Gasteiger partial charge >= 0.3 is 0 Å². The maximum Gasteiger partial charge on any atom is 0.0409 e. The smallest absolute Gasteiger partial charge is 0.0409 e. The van der Waals surface area contributed by atoms with E-state index < -0.39 is 0 Å². The van der Waals surface area contributed by atoms with Crippen LogP contribution in [0.2, 0.25) is 0 Å². The lowest BCUT2D eigenvalue weighted by molar-refractivity contribution is 0.480. The molecule has 0 saturated carbocycles. The SMILES string of the molecule is Cc1c(Br)cccc1N1CCC1C. The van der Waals surface area contributed by atoms with Crippen molar-refractivity contribution >= 4 is 21.6 Å². The molecule has 1 fully saturated rings. The van der Waals surface area contributed by atoms with Crippen LogP contribution in [0.25, 0.3) is 0 Å². The molecule has 0 radical (unpaired) electrons. The highest BCUT2D eigenvalue weighted by molar-refractivity contribution is 9.10. The standard InChI is InChI=1S/C11H14BrN/c1-8-6-7-13(8)11-5-3-4-10(12)9(11)2/h3-5,8H,6-7H2,1-2H3. The Kier molecular flexibility index (Phi) is 2.33. The van der Waals surface area contributed by atoms with Gasteiger partial charge in [0.05, 0.1) is 0 Å². The molecular weight excluding hydrogens is 226 g/mol. The molecule has 1 unspecified atom stereocenters. The van der Waals surface area contributed by atoms with Crippen LogP contribution in [-0.4, -0.2) is 12.6 Å². The number of halogens is 1. The maximum atomic E-state index is 3.56.